The van der Waals surface area contributed by atoms with Gasteiger partial charge >= 0.3 is 11.8 Å². The van der Waals surface area contributed by atoms with Crippen LogP contribution in [0.5, 0.6) is 0 Å². The van der Waals surface area contributed by atoms with E-state index >= 15 is 0 Å². The number of rotatable bonds is 6. The molecule has 172 valence electrons. The number of sulfonamides is 1. The maximum absolute atomic E-state index is 13.1. The fourth-order valence-corrected chi connectivity index (χ4v) is 6.28. The van der Waals surface area contributed by atoms with Crippen LogP contribution in [0.4, 0.5) is 0 Å². The van der Waals surface area contributed by atoms with Crippen LogP contribution in [0.2, 0.25) is 5.02 Å². The molecule has 0 spiro atoms. The molecular weight excluding hydrogens is 438 g/mol. The van der Waals surface area contributed by atoms with Gasteiger partial charge in [0.2, 0.25) is 10.0 Å². The molecule has 2 fully saturated rings. The molecule has 0 bridgehead atoms. The Hall–Kier alpha value is -1.64. The Morgan fingerprint density at radius 1 is 0.935 bits per heavy atom. The molecule has 2 aliphatic rings. The van der Waals surface area contributed by atoms with Gasteiger partial charge in [-0.25, -0.2) is 8.42 Å². The second-order valence-corrected chi connectivity index (χ2v) is 10.8. The summed E-state index contributed by atoms with van der Waals surface area (Å²) >= 11 is 5.89. The minimum Gasteiger partial charge on any atom is -0.348 e. The molecule has 2 amide bonds. The average molecular weight is 470 g/mol. The van der Waals surface area contributed by atoms with Gasteiger partial charge in [0.05, 0.1) is 4.90 Å². The quantitative estimate of drug-likeness (QED) is 0.494. The lowest BCUT2D eigenvalue weighted by atomic mass is 10.0. The molecule has 1 aliphatic carbocycles. The van der Waals surface area contributed by atoms with E-state index in [-0.39, 0.29) is 23.5 Å². The first-order valence-electron chi connectivity index (χ1n) is 11.2. The van der Waals surface area contributed by atoms with E-state index in [9.17, 15) is 18.0 Å². The van der Waals surface area contributed by atoms with Crippen molar-refractivity contribution >= 4 is 33.4 Å². The van der Waals surface area contributed by atoms with Crippen molar-refractivity contribution in [3.05, 3.63) is 29.3 Å². The van der Waals surface area contributed by atoms with Crippen molar-refractivity contribution in [1.82, 2.24) is 14.9 Å². The predicted octanol–water partition coefficient (Wildman–Crippen LogP) is 3.23. The van der Waals surface area contributed by atoms with E-state index < -0.39 is 21.8 Å². The van der Waals surface area contributed by atoms with Crippen LogP contribution in [0.1, 0.15) is 64.2 Å². The van der Waals surface area contributed by atoms with Gasteiger partial charge in [0.1, 0.15) is 0 Å². The van der Waals surface area contributed by atoms with E-state index in [1.165, 1.54) is 29.3 Å². The van der Waals surface area contributed by atoms with E-state index in [1.807, 2.05) is 0 Å². The van der Waals surface area contributed by atoms with Gasteiger partial charge in [-0.05, 0) is 56.4 Å². The fraction of sp³-hybridized carbons (Fsp3) is 0.636. The van der Waals surface area contributed by atoms with Crippen LogP contribution < -0.4 is 10.6 Å². The normalized spacial score (nSPS) is 21.3. The molecule has 2 N–H and O–H groups in total. The smallest absolute Gasteiger partial charge is 0.309 e. The summed E-state index contributed by atoms with van der Waals surface area (Å²) in [6.45, 7) is 0.708. The highest BCUT2D eigenvalue weighted by molar-refractivity contribution is 7.89. The van der Waals surface area contributed by atoms with Gasteiger partial charge in [-0.2, -0.15) is 4.31 Å². The minimum absolute atomic E-state index is 0.0686. The summed E-state index contributed by atoms with van der Waals surface area (Å²) in [7, 11) is -3.63. The van der Waals surface area contributed by atoms with Gasteiger partial charge in [0, 0.05) is 30.2 Å². The summed E-state index contributed by atoms with van der Waals surface area (Å²) in [5.41, 5.74) is 0. The number of piperidine rings is 1. The van der Waals surface area contributed by atoms with Crippen LogP contribution in [0.3, 0.4) is 0 Å². The standard InChI is InChI=1S/C22H32ClN3O4S/c23-17-10-12-20(13-11-17)31(29,30)26-16-6-5-9-19(26)14-15-24-21(27)22(28)25-18-7-3-1-2-4-8-18/h10-13,18-19H,1-9,14-16H2,(H,24,27)(H,25,28)/t19-/m0/s1. The summed E-state index contributed by atoms with van der Waals surface area (Å²) in [4.78, 5) is 24.6. The van der Waals surface area contributed by atoms with Gasteiger partial charge in [-0.15, -0.1) is 0 Å². The average Bonchev–Trinajstić information content (AvgIpc) is 3.03. The summed E-state index contributed by atoms with van der Waals surface area (Å²) in [6, 6.07) is 6.03. The van der Waals surface area contributed by atoms with E-state index in [4.69, 9.17) is 11.6 Å². The van der Waals surface area contributed by atoms with Crippen LogP contribution in [-0.2, 0) is 19.6 Å². The second kappa shape index (κ2) is 11.3. The lowest BCUT2D eigenvalue weighted by Gasteiger charge is -2.34. The highest BCUT2D eigenvalue weighted by Crippen LogP contribution is 2.27. The third-order valence-corrected chi connectivity index (χ3v) is 8.37. The SMILES string of the molecule is O=C(NCC[C@@H]1CCCCN1S(=O)(=O)c1ccc(Cl)cc1)C(=O)NC1CCCCCC1. The number of carbonyl (C=O) groups is 2. The predicted molar refractivity (Wildman–Crippen MR) is 120 cm³/mol. The molecule has 1 heterocycles. The van der Waals surface area contributed by atoms with E-state index in [1.54, 1.807) is 12.1 Å². The molecule has 1 aromatic rings. The number of nitrogens with one attached hydrogen (secondary N) is 2. The monoisotopic (exact) mass is 469 g/mol. The number of hydrogen-bond donors (Lipinski definition) is 2. The largest absolute Gasteiger partial charge is 0.348 e. The lowest BCUT2D eigenvalue weighted by molar-refractivity contribution is -0.139. The van der Waals surface area contributed by atoms with Crippen LogP contribution in [0, 0.1) is 0 Å². The highest BCUT2D eigenvalue weighted by atomic mass is 35.5. The fourth-order valence-electron chi connectivity index (χ4n) is 4.43. The molecule has 31 heavy (non-hydrogen) atoms. The Kier molecular flexibility index (Phi) is 8.75. The summed E-state index contributed by atoms with van der Waals surface area (Å²) < 4.78 is 27.7. The molecular formula is C22H32ClN3O4S. The first kappa shape index (κ1) is 24.0. The van der Waals surface area contributed by atoms with Gasteiger partial charge < -0.3 is 10.6 Å². The highest BCUT2D eigenvalue weighted by Gasteiger charge is 2.33. The summed E-state index contributed by atoms with van der Waals surface area (Å²) in [5.74, 6) is -1.24. The molecule has 7 nitrogen and oxygen atoms in total. The number of benzene rings is 1. The molecule has 1 atom stereocenters. The van der Waals surface area contributed by atoms with Gasteiger partial charge in [-0.3, -0.25) is 9.59 Å². The zero-order valence-electron chi connectivity index (χ0n) is 17.8. The van der Waals surface area contributed by atoms with Crippen molar-refractivity contribution in [2.24, 2.45) is 0 Å². The number of carbonyl (C=O) groups excluding carboxylic acids is 2. The molecule has 1 aliphatic heterocycles. The third kappa shape index (κ3) is 6.67. The summed E-state index contributed by atoms with van der Waals surface area (Å²) in [5, 5.41) is 5.99. The number of amides is 2. The first-order valence-corrected chi connectivity index (χ1v) is 13.1. The third-order valence-electron chi connectivity index (χ3n) is 6.15. The van der Waals surface area contributed by atoms with Gasteiger partial charge in [-0.1, -0.05) is 43.7 Å². The number of hydrogen-bond acceptors (Lipinski definition) is 4. The van der Waals surface area contributed by atoms with Gasteiger partial charge in [0.15, 0.2) is 0 Å². The van der Waals surface area contributed by atoms with Crippen molar-refractivity contribution < 1.29 is 18.0 Å². The van der Waals surface area contributed by atoms with Crippen molar-refractivity contribution in [3.8, 4) is 0 Å². The van der Waals surface area contributed by atoms with Crippen molar-refractivity contribution in [3.63, 3.8) is 0 Å². The Balaban J connectivity index is 1.52. The Bertz CT molecular complexity index is 852. The zero-order chi connectivity index (χ0) is 22.3. The lowest BCUT2D eigenvalue weighted by Crippen LogP contribution is -2.47. The van der Waals surface area contributed by atoms with Crippen LogP contribution >= 0.6 is 11.6 Å². The molecule has 3 rings (SSSR count). The number of nitrogens with zero attached hydrogens (tertiary/aromatic N) is 1. The second-order valence-electron chi connectivity index (χ2n) is 8.43. The Labute approximate surface area is 190 Å². The van der Waals surface area contributed by atoms with Crippen LogP contribution in [0.15, 0.2) is 29.2 Å². The van der Waals surface area contributed by atoms with Crippen molar-refractivity contribution in [2.75, 3.05) is 13.1 Å². The molecule has 1 saturated heterocycles. The minimum atomic E-state index is -3.63. The van der Waals surface area contributed by atoms with E-state index in [2.05, 4.69) is 10.6 Å². The maximum atomic E-state index is 13.1. The molecule has 0 radical (unpaired) electrons. The topological polar surface area (TPSA) is 95.6 Å². The van der Waals surface area contributed by atoms with Crippen LogP contribution in [-0.4, -0.2) is 49.7 Å². The molecule has 0 aromatic heterocycles. The first-order chi connectivity index (χ1) is 14.9. The van der Waals surface area contributed by atoms with E-state index in [0.29, 0.717) is 18.0 Å². The van der Waals surface area contributed by atoms with Crippen LogP contribution in [0.25, 0.3) is 0 Å². The van der Waals surface area contributed by atoms with Crippen molar-refractivity contribution in [1.29, 1.82) is 0 Å². The van der Waals surface area contributed by atoms with E-state index in [0.717, 1.165) is 44.9 Å². The zero-order valence-corrected chi connectivity index (χ0v) is 19.4. The number of halogens is 1. The molecule has 0 unspecified atom stereocenters. The molecule has 1 aromatic carbocycles. The molecule has 9 heteroatoms. The molecule has 1 saturated carbocycles. The van der Waals surface area contributed by atoms with Crippen molar-refractivity contribution in [2.45, 2.75) is 81.2 Å². The van der Waals surface area contributed by atoms with Gasteiger partial charge in [0.25, 0.3) is 0 Å². The summed E-state index contributed by atoms with van der Waals surface area (Å²) in [6.07, 6.45) is 9.28. The maximum Gasteiger partial charge on any atom is 0.309 e. The Morgan fingerprint density at radius 3 is 2.26 bits per heavy atom. The Morgan fingerprint density at radius 2 is 1.58 bits per heavy atom.